The van der Waals surface area contributed by atoms with Crippen molar-refractivity contribution in [2.45, 2.75) is 65.8 Å². The first-order chi connectivity index (χ1) is 17.6. The lowest BCUT2D eigenvalue weighted by molar-refractivity contribution is 0.470. The molecule has 9 heteroatoms. The van der Waals surface area contributed by atoms with Crippen LogP contribution in [-0.2, 0) is 5.41 Å². The van der Waals surface area contributed by atoms with Crippen LogP contribution >= 0.6 is 11.6 Å². The van der Waals surface area contributed by atoms with E-state index >= 15 is 4.39 Å². The average molecular weight is 531 g/mol. The van der Waals surface area contributed by atoms with Gasteiger partial charge in [0.2, 0.25) is 0 Å². The fourth-order valence-electron chi connectivity index (χ4n) is 5.28. The van der Waals surface area contributed by atoms with E-state index in [0.29, 0.717) is 24.1 Å². The Bertz CT molecular complexity index is 1270. The smallest absolute Gasteiger partial charge is 0.148 e. The van der Waals surface area contributed by atoms with Crippen molar-refractivity contribution in [2.75, 3.05) is 29.9 Å². The van der Waals surface area contributed by atoms with Gasteiger partial charge in [-0.25, -0.2) is 13.8 Å². The van der Waals surface area contributed by atoms with Crippen molar-refractivity contribution in [1.82, 2.24) is 20.5 Å². The number of benzene rings is 1. The van der Waals surface area contributed by atoms with Gasteiger partial charge in [0.05, 0.1) is 24.1 Å². The van der Waals surface area contributed by atoms with Gasteiger partial charge in [-0.05, 0) is 42.9 Å². The molecule has 200 valence electrons. The van der Waals surface area contributed by atoms with Gasteiger partial charge in [0, 0.05) is 36.2 Å². The SMILES string of the molecule is CC.Cc1c(NC2CNC2)ncc2c1C(C)(c1ccc(F)c(Cl)c1F)CN2c1[nH]ncc1C(C)C(C)C. The maximum atomic E-state index is 15.5. The number of rotatable bonds is 6. The standard InChI is InChI=1S/C26H31ClF2N6.C2H6/c1-13(2)14(3)17-10-32-34-25(17)35-12-26(5,18-6-7-19(28)22(27)23(18)29)21-15(4)24(31-11-20(21)35)33-16-8-30-9-16;1-2/h6-7,10-11,13-14,16,30H,8-9,12H2,1-5H3,(H,31,33)(H,32,34);1-2H3. The number of anilines is 3. The molecule has 0 bridgehead atoms. The maximum absolute atomic E-state index is 15.5. The molecule has 0 amide bonds. The van der Waals surface area contributed by atoms with Gasteiger partial charge >= 0.3 is 0 Å². The minimum absolute atomic E-state index is 0.261. The van der Waals surface area contributed by atoms with Gasteiger partial charge in [0.1, 0.15) is 28.3 Å². The van der Waals surface area contributed by atoms with Crippen LogP contribution in [0.1, 0.15) is 69.7 Å². The Balaban J connectivity index is 0.00000156. The van der Waals surface area contributed by atoms with E-state index in [0.717, 1.165) is 47.1 Å². The number of H-pyrrole nitrogens is 1. The zero-order valence-electron chi connectivity index (χ0n) is 22.6. The molecule has 0 saturated carbocycles. The molecule has 6 nitrogen and oxygen atoms in total. The molecule has 0 aliphatic carbocycles. The van der Waals surface area contributed by atoms with Crippen molar-refractivity contribution in [3.8, 4) is 0 Å². The van der Waals surface area contributed by atoms with E-state index in [4.69, 9.17) is 16.6 Å². The molecule has 1 saturated heterocycles. The third kappa shape index (κ3) is 4.59. The summed E-state index contributed by atoms with van der Waals surface area (Å²) in [5, 5.41) is 13.8. The molecule has 4 heterocycles. The number of nitrogens with zero attached hydrogens (tertiary/aromatic N) is 3. The minimum atomic E-state index is -0.804. The van der Waals surface area contributed by atoms with Crippen LogP contribution in [0.2, 0.25) is 5.02 Å². The first kappa shape index (κ1) is 27.3. The molecule has 5 rings (SSSR count). The third-order valence-corrected chi connectivity index (χ3v) is 8.13. The molecular weight excluding hydrogens is 494 g/mol. The van der Waals surface area contributed by atoms with Crippen LogP contribution in [0.3, 0.4) is 0 Å². The molecule has 2 unspecified atom stereocenters. The molecule has 1 fully saturated rings. The number of fused-ring (bicyclic) bond motifs is 1. The minimum Gasteiger partial charge on any atom is -0.365 e. The summed E-state index contributed by atoms with van der Waals surface area (Å²) in [7, 11) is 0. The van der Waals surface area contributed by atoms with E-state index < -0.39 is 22.1 Å². The van der Waals surface area contributed by atoms with Gasteiger partial charge in [-0.15, -0.1) is 0 Å². The summed E-state index contributed by atoms with van der Waals surface area (Å²) >= 11 is 6.04. The zero-order valence-corrected chi connectivity index (χ0v) is 23.4. The summed E-state index contributed by atoms with van der Waals surface area (Å²) in [4.78, 5) is 6.89. The average Bonchev–Trinajstić information content (AvgIpc) is 3.45. The Kier molecular flexibility index (Phi) is 7.81. The van der Waals surface area contributed by atoms with Crippen LogP contribution in [0, 0.1) is 24.5 Å². The molecule has 37 heavy (non-hydrogen) atoms. The molecule has 0 radical (unpaired) electrons. The lowest BCUT2D eigenvalue weighted by atomic mass is 9.76. The van der Waals surface area contributed by atoms with Crippen molar-refractivity contribution in [3.63, 3.8) is 0 Å². The molecule has 3 aromatic rings. The highest BCUT2D eigenvalue weighted by molar-refractivity contribution is 6.31. The van der Waals surface area contributed by atoms with Crippen molar-refractivity contribution >= 4 is 28.9 Å². The number of halogens is 3. The third-order valence-electron chi connectivity index (χ3n) is 7.78. The van der Waals surface area contributed by atoms with Gasteiger partial charge in [0.15, 0.2) is 0 Å². The molecule has 2 atom stereocenters. The Morgan fingerprint density at radius 3 is 2.49 bits per heavy atom. The summed E-state index contributed by atoms with van der Waals surface area (Å²) < 4.78 is 29.6. The van der Waals surface area contributed by atoms with Gasteiger partial charge in [-0.1, -0.05) is 52.3 Å². The fraction of sp³-hybridized carbons (Fsp3) is 0.500. The summed E-state index contributed by atoms with van der Waals surface area (Å²) in [5.41, 5.74) is 3.41. The van der Waals surface area contributed by atoms with Gasteiger partial charge in [0.25, 0.3) is 0 Å². The Labute approximate surface area is 223 Å². The number of nitrogens with one attached hydrogen (secondary N) is 3. The Hall–Kier alpha value is -2.71. The molecule has 0 spiro atoms. The summed E-state index contributed by atoms with van der Waals surface area (Å²) in [6.07, 6.45) is 3.71. The Morgan fingerprint density at radius 2 is 1.86 bits per heavy atom. The number of aromatic nitrogens is 3. The fourth-order valence-corrected chi connectivity index (χ4v) is 5.44. The second kappa shape index (κ2) is 10.6. The van der Waals surface area contributed by atoms with Crippen LogP contribution in [0.4, 0.5) is 26.1 Å². The topological polar surface area (TPSA) is 68.9 Å². The molecule has 1 aromatic carbocycles. The summed E-state index contributed by atoms with van der Waals surface area (Å²) in [5.74, 6) is 0.829. The predicted molar refractivity (Wildman–Crippen MR) is 147 cm³/mol. The van der Waals surface area contributed by atoms with Gasteiger partial charge < -0.3 is 15.5 Å². The monoisotopic (exact) mass is 530 g/mol. The van der Waals surface area contributed by atoms with Crippen molar-refractivity contribution in [2.24, 2.45) is 5.92 Å². The van der Waals surface area contributed by atoms with E-state index in [9.17, 15) is 4.39 Å². The van der Waals surface area contributed by atoms with Crippen molar-refractivity contribution in [3.05, 3.63) is 63.4 Å². The Morgan fingerprint density at radius 1 is 1.16 bits per heavy atom. The first-order valence-corrected chi connectivity index (χ1v) is 13.4. The van der Waals surface area contributed by atoms with E-state index in [2.05, 4.69) is 46.5 Å². The second-order valence-corrected chi connectivity index (χ2v) is 10.7. The van der Waals surface area contributed by atoms with Crippen molar-refractivity contribution in [1.29, 1.82) is 0 Å². The number of hydrogen-bond acceptors (Lipinski definition) is 5. The van der Waals surface area contributed by atoms with E-state index in [1.807, 2.05) is 40.1 Å². The lowest BCUT2D eigenvalue weighted by Gasteiger charge is -2.31. The highest BCUT2D eigenvalue weighted by Gasteiger charge is 2.46. The number of pyridine rings is 1. The predicted octanol–water partition coefficient (Wildman–Crippen LogP) is 6.67. The van der Waals surface area contributed by atoms with Crippen molar-refractivity contribution < 1.29 is 8.78 Å². The van der Waals surface area contributed by atoms with E-state index in [-0.39, 0.29) is 5.92 Å². The second-order valence-electron chi connectivity index (χ2n) is 10.3. The van der Waals surface area contributed by atoms with E-state index in [1.165, 1.54) is 12.1 Å². The quantitative estimate of drug-likeness (QED) is 0.310. The normalized spacial score (nSPS) is 19.8. The highest BCUT2D eigenvalue weighted by atomic mass is 35.5. The van der Waals surface area contributed by atoms with Gasteiger partial charge in [-0.2, -0.15) is 5.10 Å². The van der Waals surface area contributed by atoms with E-state index in [1.54, 1.807) is 0 Å². The van der Waals surface area contributed by atoms with Gasteiger partial charge in [-0.3, -0.25) is 5.10 Å². The molecular formula is C28H37ClF2N6. The molecule has 2 aromatic heterocycles. The van der Waals surface area contributed by atoms with Crippen LogP contribution in [0.25, 0.3) is 0 Å². The number of aromatic amines is 1. The van der Waals surface area contributed by atoms with Crippen LogP contribution in [0.15, 0.2) is 24.5 Å². The summed E-state index contributed by atoms with van der Waals surface area (Å²) in [6.45, 7) is 16.7. The number of hydrogen-bond donors (Lipinski definition) is 3. The first-order valence-electron chi connectivity index (χ1n) is 13.1. The lowest BCUT2D eigenvalue weighted by Crippen LogP contribution is -2.51. The molecule has 3 N–H and O–H groups in total. The molecule has 2 aliphatic heterocycles. The largest absolute Gasteiger partial charge is 0.365 e. The van der Waals surface area contributed by atoms with Crippen LogP contribution < -0.4 is 15.5 Å². The molecule has 2 aliphatic rings. The van der Waals surface area contributed by atoms with Crippen LogP contribution in [0.5, 0.6) is 0 Å². The zero-order chi connectivity index (χ0) is 27.1. The summed E-state index contributed by atoms with van der Waals surface area (Å²) in [6, 6.07) is 3.05. The highest BCUT2D eigenvalue weighted by Crippen LogP contribution is 2.52. The maximum Gasteiger partial charge on any atom is 0.148 e. The van der Waals surface area contributed by atoms with Crippen LogP contribution in [-0.4, -0.2) is 40.9 Å².